The molecule has 2 aromatic rings. The van der Waals surface area contributed by atoms with Crippen LogP contribution in [0, 0.1) is 11.3 Å². The normalized spacial score (nSPS) is 9.82. The van der Waals surface area contributed by atoms with Crippen LogP contribution in [0.2, 0.25) is 5.02 Å². The molecule has 0 aromatic heterocycles. The Bertz CT molecular complexity index is 804. The average Bonchev–Trinajstić information content (AvgIpc) is 2.47. The zero-order valence-electron chi connectivity index (χ0n) is 11.2. The number of rotatable bonds is 2. The number of nitrogens with zero attached hydrogens (tertiary/aromatic N) is 2. The van der Waals surface area contributed by atoms with E-state index in [0.717, 1.165) is 0 Å². The molecule has 22 heavy (non-hydrogen) atoms. The third kappa shape index (κ3) is 3.00. The Hall–Kier alpha value is -3.04. The van der Waals surface area contributed by atoms with Gasteiger partial charge in [-0.1, -0.05) is 23.7 Å². The zero-order chi connectivity index (χ0) is 16.3. The Kier molecular flexibility index (Phi) is 4.30. The molecule has 1 amide bonds. The molecule has 6 nitrogen and oxygen atoms in total. The number of nitriles is 1. The first-order valence-corrected chi connectivity index (χ1v) is 6.47. The topological polar surface area (TPSA) is 125 Å². The minimum absolute atomic E-state index is 0.144. The number of aliphatic imine (C=N–C) groups is 1. The van der Waals surface area contributed by atoms with Gasteiger partial charge in [0, 0.05) is 10.6 Å². The summed E-state index contributed by atoms with van der Waals surface area (Å²) >= 11 is 5.84. The highest BCUT2D eigenvalue weighted by atomic mass is 35.5. The van der Waals surface area contributed by atoms with Crippen LogP contribution in [0.3, 0.4) is 0 Å². The first kappa shape index (κ1) is 15.4. The first-order chi connectivity index (χ1) is 10.4. The van der Waals surface area contributed by atoms with Crippen molar-refractivity contribution in [3.05, 3.63) is 52.5 Å². The van der Waals surface area contributed by atoms with Crippen molar-refractivity contribution in [2.45, 2.75) is 0 Å². The maximum Gasteiger partial charge on any atom is 0.284 e. The van der Waals surface area contributed by atoms with Gasteiger partial charge in [-0.3, -0.25) is 4.79 Å². The number of amides is 1. The number of phenols is 1. The van der Waals surface area contributed by atoms with Crippen LogP contribution in [0.4, 0.5) is 0 Å². The predicted octanol–water partition coefficient (Wildman–Crippen LogP) is 2.00. The van der Waals surface area contributed by atoms with Crippen molar-refractivity contribution in [3.63, 3.8) is 0 Å². The van der Waals surface area contributed by atoms with Crippen molar-refractivity contribution < 1.29 is 9.90 Å². The summed E-state index contributed by atoms with van der Waals surface area (Å²) in [5.41, 5.74) is 11.2. The molecule has 2 aromatic carbocycles. The van der Waals surface area contributed by atoms with Crippen molar-refractivity contribution in [2.24, 2.45) is 16.5 Å². The van der Waals surface area contributed by atoms with Gasteiger partial charge in [0.05, 0.1) is 17.2 Å². The van der Waals surface area contributed by atoms with Crippen LogP contribution in [-0.2, 0) is 0 Å². The van der Waals surface area contributed by atoms with E-state index < -0.39 is 11.9 Å². The van der Waals surface area contributed by atoms with E-state index >= 15 is 0 Å². The lowest BCUT2D eigenvalue weighted by Gasteiger charge is -2.11. The fraction of sp³-hybridized carbons (Fsp3) is 0. The lowest BCUT2D eigenvalue weighted by Crippen LogP contribution is -2.24. The van der Waals surface area contributed by atoms with Crippen molar-refractivity contribution in [3.8, 4) is 22.9 Å². The van der Waals surface area contributed by atoms with Crippen LogP contribution in [0.15, 0.2) is 41.4 Å². The number of carbonyl (C=O) groups is 1. The van der Waals surface area contributed by atoms with Crippen LogP contribution < -0.4 is 11.5 Å². The third-order valence-electron chi connectivity index (χ3n) is 2.88. The van der Waals surface area contributed by atoms with E-state index in [0.29, 0.717) is 10.6 Å². The summed E-state index contributed by atoms with van der Waals surface area (Å²) in [4.78, 5) is 15.6. The van der Waals surface area contributed by atoms with Gasteiger partial charge in [-0.25, -0.2) is 0 Å². The smallest absolute Gasteiger partial charge is 0.284 e. The van der Waals surface area contributed by atoms with E-state index in [1.54, 1.807) is 24.3 Å². The number of halogens is 1. The van der Waals surface area contributed by atoms with Gasteiger partial charge in [0.25, 0.3) is 5.91 Å². The molecule has 0 bridgehead atoms. The highest BCUT2D eigenvalue weighted by Gasteiger charge is 2.21. The zero-order valence-corrected chi connectivity index (χ0v) is 12.0. The number of aromatic hydroxyl groups is 1. The SMILES string of the molecule is N#Cc1ccc(O)c(C(=O)N=C(N)N)c1-c1ccc(Cl)cc1. The van der Waals surface area contributed by atoms with E-state index in [-0.39, 0.29) is 22.4 Å². The minimum Gasteiger partial charge on any atom is -0.507 e. The first-order valence-electron chi connectivity index (χ1n) is 6.10. The number of carbonyl (C=O) groups excluding carboxylic acids is 1. The van der Waals surface area contributed by atoms with Gasteiger partial charge in [0.15, 0.2) is 5.96 Å². The number of hydrogen-bond donors (Lipinski definition) is 3. The van der Waals surface area contributed by atoms with E-state index in [1.165, 1.54) is 12.1 Å². The van der Waals surface area contributed by atoms with Crippen LogP contribution in [0.25, 0.3) is 11.1 Å². The van der Waals surface area contributed by atoms with Crippen molar-refractivity contribution in [1.29, 1.82) is 5.26 Å². The van der Waals surface area contributed by atoms with Gasteiger partial charge < -0.3 is 16.6 Å². The van der Waals surface area contributed by atoms with Crippen LogP contribution in [0.5, 0.6) is 5.75 Å². The molecule has 0 aliphatic heterocycles. The Morgan fingerprint density at radius 1 is 1.18 bits per heavy atom. The fourth-order valence-electron chi connectivity index (χ4n) is 1.99. The van der Waals surface area contributed by atoms with Crippen molar-refractivity contribution in [2.75, 3.05) is 0 Å². The highest BCUT2D eigenvalue weighted by Crippen LogP contribution is 2.34. The molecule has 110 valence electrons. The van der Waals surface area contributed by atoms with Crippen LogP contribution in [-0.4, -0.2) is 17.0 Å². The molecule has 0 radical (unpaired) electrons. The van der Waals surface area contributed by atoms with Gasteiger partial charge in [-0.05, 0) is 29.8 Å². The molecule has 0 saturated heterocycles. The second kappa shape index (κ2) is 6.16. The molecular weight excluding hydrogens is 304 g/mol. The number of phenolic OH excluding ortho intramolecular Hbond substituents is 1. The highest BCUT2D eigenvalue weighted by molar-refractivity contribution is 6.30. The molecule has 0 heterocycles. The van der Waals surface area contributed by atoms with E-state index in [4.69, 9.17) is 23.1 Å². The maximum absolute atomic E-state index is 12.2. The Morgan fingerprint density at radius 3 is 2.36 bits per heavy atom. The van der Waals surface area contributed by atoms with Gasteiger partial charge in [-0.15, -0.1) is 0 Å². The summed E-state index contributed by atoms with van der Waals surface area (Å²) in [7, 11) is 0. The van der Waals surface area contributed by atoms with E-state index in [2.05, 4.69) is 4.99 Å². The van der Waals surface area contributed by atoms with Crippen molar-refractivity contribution >= 4 is 23.5 Å². The molecule has 7 heteroatoms. The minimum atomic E-state index is -0.834. The average molecular weight is 315 g/mol. The number of guanidine groups is 1. The molecule has 0 spiro atoms. The summed E-state index contributed by atoms with van der Waals surface area (Å²) in [6.07, 6.45) is 0. The second-order valence-electron chi connectivity index (χ2n) is 4.34. The lowest BCUT2D eigenvalue weighted by atomic mass is 9.93. The lowest BCUT2D eigenvalue weighted by molar-refractivity contribution is 0.100. The largest absolute Gasteiger partial charge is 0.507 e. The quantitative estimate of drug-likeness (QED) is 0.577. The third-order valence-corrected chi connectivity index (χ3v) is 3.13. The summed E-state index contributed by atoms with van der Waals surface area (Å²) in [6, 6.07) is 11.1. The Labute approximate surface area is 131 Å². The Morgan fingerprint density at radius 2 is 1.82 bits per heavy atom. The summed E-state index contributed by atoms with van der Waals surface area (Å²) in [5, 5.41) is 19.8. The Balaban J connectivity index is 2.77. The second-order valence-corrected chi connectivity index (χ2v) is 4.78. The number of nitrogens with two attached hydrogens (primary N) is 2. The van der Waals surface area contributed by atoms with E-state index in [1.807, 2.05) is 6.07 Å². The molecule has 5 N–H and O–H groups in total. The van der Waals surface area contributed by atoms with Gasteiger partial charge in [0.1, 0.15) is 5.75 Å². The standard InChI is InChI=1S/C15H11ClN4O2/c16-10-4-1-8(2-5-10)12-9(7-17)3-6-11(21)13(12)14(22)20-15(18)19/h1-6,21H,(H4,18,19,20,22). The fourth-order valence-corrected chi connectivity index (χ4v) is 2.12. The summed E-state index contributed by atoms with van der Waals surface area (Å²) < 4.78 is 0. The van der Waals surface area contributed by atoms with Crippen LogP contribution in [0.1, 0.15) is 15.9 Å². The molecule has 2 rings (SSSR count). The molecule has 0 fully saturated rings. The molecule has 0 unspecified atom stereocenters. The number of benzene rings is 2. The summed E-state index contributed by atoms with van der Waals surface area (Å²) in [6.45, 7) is 0. The molecule has 0 aliphatic rings. The molecule has 0 aliphatic carbocycles. The molecular formula is C15H11ClN4O2. The van der Waals surface area contributed by atoms with E-state index in [9.17, 15) is 15.2 Å². The number of hydrogen-bond acceptors (Lipinski definition) is 3. The monoisotopic (exact) mass is 314 g/mol. The maximum atomic E-state index is 12.2. The molecule has 0 saturated carbocycles. The predicted molar refractivity (Wildman–Crippen MR) is 83.4 cm³/mol. The summed E-state index contributed by atoms with van der Waals surface area (Å²) in [5.74, 6) is -1.59. The van der Waals surface area contributed by atoms with Crippen molar-refractivity contribution in [1.82, 2.24) is 0 Å². The van der Waals surface area contributed by atoms with Gasteiger partial charge >= 0.3 is 0 Å². The molecule has 0 atom stereocenters. The van der Waals surface area contributed by atoms with Crippen LogP contribution >= 0.6 is 11.6 Å². The van der Waals surface area contributed by atoms with Gasteiger partial charge in [-0.2, -0.15) is 10.3 Å². The van der Waals surface area contributed by atoms with Gasteiger partial charge in [0.2, 0.25) is 0 Å².